The zero-order valence-electron chi connectivity index (χ0n) is 12.6. The number of hydrogen-bond donors (Lipinski definition) is 1. The summed E-state index contributed by atoms with van der Waals surface area (Å²) in [5, 5.41) is 7.45. The Morgan fingerprint density at radius 3 is 2.06 bits per heavy atom. The van der Waals surface area contributed by atoms with Crippen LogP contribution in [0.25, 0.3) is 0 Å². The van der Waals surface area contributed by atoms with Crippen LogP contribution < -0.4 is 0 Å². The number of aliphatic hydroxyl groups excluding tert-OH is 1. The second-order valence-electron chi connectivity index (χ2n) is 4.63. The molecule has 18 heavy (non-hydrogen) atoms. The van der Waals surface area contributed by atoms with Crippen molar-refractivity contribution in [2.75, 3.05) is 27.9 Å². The lowest BCUT2D eigenvalue weighted by molar-refractivity contribution is -0.0149. The van der Waals surface area contributed by atoms with E-state index in [0.717, 1.165) is 25.3 Å². The predicted octanol–water partition coefficient (Wildman–Crippen LogP) is 2.63. The van der Waals surface area contributed by atoms with Gasteiger partial charge in [-0.2, -0.15) is 0 Å². The van der Waals surface area contributed by atoms with Gasteiger partial charge in [0.15, 0.2) is 0 Å². The molecule has 0 aliphatic carbocycles. The van der Waals surface area contributed by atoms with E-state index in [0.29, 0.717) is 0 Å². The van der Waals surface area contributed by atoms with E-state index in [1.165, 1.54) is 12.8 Å². The summed E-state index contributed by atoms with van der Waals surface area (Å²) in [4.78, 5) is 0. The Bertz CT molecular complexity index is 205. The van der Waals surface area contributed by atoms with E-state index < -0.39 is 8.56 Å². The molecular weight excluding hydrogens is 248 g/mol. The van der Waals surface area contributed by atoms with Crippen LogP contribution in [0.5, 0.6) is 0 Å². The number of ether oxygens (including phenoxy) is 1. The van der Waals surface area contributed by atoms with Gasteiger partial charge in [0, 0.05) is 27.9 Å². The summed E-state index contributed by atoms with van der Waals surface area (Å²) in [6.45, 7) is 4.12. The SMILES string of the molecule is CCCC1(OC)CCCC[Si]1(OC)OC.CCO. The lowest BCUT2D eigenvalue weighted by Gasteiger charge is -2.47. The van der Waals surface area contributed by atoms with Crippen LogP contribution in [0.4, 0.5) is 0 Å². The van der Waals surface area contributed by atoms with Crippen LogP contribution in [0.2, 0.25) is 6.04 Å². The zero-order valence-corrected chi connectivity index (χ0v) is 13.6. The summed E-state index contributed by atoms with van der Waals surface area (Å²) in [6.07, 6.45) is 5.70. The van der Waals surface area contributed by atoms with Crippen LogP contribution in [-0.2, 0) is 13.6 Å². The molecule has 0 amide bonds. The third-order valence-corrected chi connectivity index (χ3v) is 8.16. The monoisotopic (exact) mass is 278 g/mol. The van der Waals surface area contributed by atoms with Crippen molar-refractivity contribution in [3.05, 3.63) is 0 Å². The minimum Gasteiger partial charge on any atom is -0.397 e. The number of methoxy groups -OCH3 is 1. The summed E-state index contributed by atoms with van der Waals surface area (Å²) in [7, 11) is 3.22. The van der Waals surface area contributed by atoms with Crippen molar-refractivity contribution in [1.82, 2.24) is 0 Å². The second-order valence-corrected chi connectivity index (χ2v) is 8.37. The highest BCUT2D eigenvalue weighted by atomic mass is 28.4. The second kappa shape index (κ2) is 9.04. The minimum atomic E-state index is -2.15. The van der Waals surface area contributed by atoms with Gasteiger partial charge in [-0.05, 0) is 25.8 Å². The molecule has 0 aromatic rings. The van der Waals surface area contributed by atoms with Crippen LogP contribution in [0.3, 0.4) is 0 Å². The number of hydrogen-bond acceptors (Lipinski definition) is 4. The average Bonchev–Trinajstić information content (AvgIpc) is 2.40. The van der Waals surface area contributed by atoms with Crippen molar-refractivity contribution < 1.29 is 18.7 Å². The topological polar surface area (TPSA) is 47.9 Å². The Balaban J connectivity index is 0.000000873. The molecule has 0 aromatic carbocycles. The fourth-order valence-corrected chi connectivity index (χ4v) is 6.91. The van der Waals surface area contributed by atoms with Gasteiger partial charge in [-0.1, -0.05) is 26.2 Å². The highest BCUT2D eigenvalue weighted by molar-refractivity contribution is 6.70. The molecule has 1 heterocycles. The van der Waals surface area contributed by atoms with Gasteiger partial charge in [-0.25, -0.2) is 0 Å². The molecule has 1 aliphatic heterocycles. The Labute approximate surface area is 113 Å². The average molecular weight is 278 g/mol. The third kappa shape index (κ3) is 3.77. The molecule has 1 fully saturated rings. The third-order valence-electron chi connectivity index (χ3n) is 3.73. The maximum atomic E-state index is 7.57. The van der Waals surface area contributed by atoms with E-state index >= 15 is 0 Å². The largest absolute Gasteiger partial charge is 0.397 e. The Morgan fingerprint density at radius 2 is 1.67 bits per heavy atom. The van der Waals surface area contributed by atoms with E-state index in [-0.39, 0.29) is 11.8 Å². The highest BCUT2D eigenvalue weighted by Gasteiger charge is 2.58. The summed E-state index contributed by atoms with van der Waals surface area (Å²) < 4.78 is 17.4. The van der Waals surface area contributed by atoms with Gasteiger partial charge in [0.2, 0.25) is 0 Å². The molecule has 1 rings (SSSR count). The molecule has 0 spiro atoms. The number of aliphatic hydroxyl groups is 1. The van der Waals surface area contributed by atoms with Crippen molar-refractivity contribution >= 4 is 8.56 Å². The van der Waals surface area contributed by atoms with E-state index in [4.69, 9.17) is 18.7 Å². The fourth-order valence-electron chi connectivity index (χ4n) is 2.92. The molecule has 4 nitrogen and oxygen atoms in total. The van der Waals surface area contributed by atoms with Crippen LogP contribution in [0, 0.1) is 0 Å². The van der Waals surface area contributed by atoms with Crippen molar-refractivity contribution in [2.45, 2.75) is 57.2 Å². The molecule has 5 heteroatoms. The first-order valence-corrected chi connectivity index (χ1v) is 8.90. The summed E-state index contributed by atoms with van der Waals surface area (Å²) in [5.41, 5.74) is 0. The molecule has 1 saturated heterocycles. The van der Waals surface area contributed by atoms with E-state index in [1.807, 2.05) is 0 Å². The highest BCUT2D eigenvalue weighted by Crippen LogP contribution is 2.42. The Kier molecular flexibility index (Phi) is 9.07. The first-order valence-electron chi connectivity index (χ1n) is 6.88. The van der Waals surface area contributed by atoms with Crippen LogP contribution in [-0.4, -0.2) is 46.8 Å². The molecule has 0 aromatic heterocycles. The zero-order chi connectivity index (χ0) is 14.1. The Morgan fingerprint density at radius 1 is 1.11 bits per heavy atom. The van der Waals surface area contributed by atoms with Crippen molar-refractivity contribution in [2.24, 2.45) is 0 Å². The van der Waals surface area contributed by atoms with Gasteiger partial charge in [0.25, 0.3) is 0 Å². The van der Waals surface area contributed by atoms with E-state index in [9.17, 15) is 0 Å². The summed E-state index contributed by atoms with van der Waals surface area (Å²) in [5.74, 6) is 0. The van der Waals surface area contributed by atoms with E-state index in [1.54, 1.807) is 28.3 Å². The normalized spacial score (nSPS) is 26.3. The Hall–Kier alpha value is 0.0569. The smallest absolute Gasteiger partial charge is 0.370 e. The maximum absolute atomic E-state index is 7.57. The predicted molar refractivity (Wildman–Crippen MR) is 75.8 cm³/mol. The van der Waals surface area contributed by atoms with Gasteiger partial charge in [0.05, 0.1) is 0 Å². The molecule has 1 N–H and O–H groups in total. The molecule has 0 saturated carbocycles. The van der Waals surface area contributed by atoms with Crippen molar-refractivity contribution in [3.63, 3.8) is 0 Å². The molecule has 1 unspecified atom stereocenters. The molecule has 110 valence electrons. The lowest BCUT2D eigenvalue weighted by Crippen LogP contribution is -2.64. The molecule has 1 atom stereocenters. The van der Waals surface area contributed by atoms with E-state index in [2.05, 4.69) is 6.92 Å². The van der Waals surface area contributed by atoms with Gasteiger partial charge < -0.3 is 18.7 Å². The summed E-state index contributed by atoms with van der Waals surface area (Å²) >= 11 is 0. The fraction of sp³-hybridized carbons (Fsp3) is 1.00. The minimum absolute atomic E-state index is 0.122. The lowest BCUT2D eigenvalue weighted by atomic mass is 10.1. The first-order chi connectivity index (χ1) is 8.61. The molecular formula is C13H30O4Si. The van der Waals surface area contributed by atoms with Crippen LogP contribution >= 0.6 is 0 Å². The first kappa shape index (κ1) is 18.1. The van der Waals surface area contributed by atoms with Gasteiger partial charge in [-0.15, -0.1) is 0 Å². The van der Waals surface area contributed by atoms with Gasteiger partial charge in [0.1, 0.15) is 5.22 Å². The van der Waals surface area contributed by atoms with Crippen LogP contribution in [0.1, 0.15) is 46.0 Å². The summed E-state index contributed by atoms with van der Waals surface area (Å²) in [6, 6.07) is 1.06. The quantitative estimate of drug-likeness (QED) is 0.785. The maximum Gasteiger partial charge on any atom is 0.370 e. The standard InChI is InChI=1S/C11H24O3Si.C2H6O/c1-5-8-11(12-2)9-6-7-10-15(11,13-3)14-4;1-2-3/h5-10H2,1-4H3;3H,2H2,1H3. The van der Waals surface area contributed by atoms with Crippen molar-refractivity contribution in [3.8, 4) is 0 Å². The molecule has 0 radical (unpaired) electrons. The molecule has 1 aliphatic rings. The molecule has 0 bridgehead atoms. The van der Waals surface area contributed by atoms with Crippen LogP contribution in [0.15, 0.2) is 0 Å². The van der Waals surface area contributed by atoms with Gasteiger partial charge >= 0.3 is 8.56 Å². The van der Waals surface area contributed by atoms with Crippen molar-refractivity contribution in [1.29, 1.82) is 0 Å². The number of rotatable bonds is 5. The van der Waals surface area contributed by atoms with Gasteiger partial charge in [-0.3, -0.25) is 0 Å².